The minimum absolute atomic E-state index is 0.330. The van der Waals surface area contributed by atoms with Gasteiger partial charge in [-0.2, -0.15) is 0 Å². The maximum absolute atomic E-state index is 12.4. The molecule has 0 bridgehead atoms. The predicted octanol–water partition coefficient (Wildman–Crippen LogP) is 5.75. The number of ether oxygens (including phenoxy) is 2. The van der Waals surface area contributed by atoms with Crippen LogP contribution in [0.3, 0.4) is 0 Å². The van der Waals surface area contributed by atoms with E-state index in [0.29, 0.717) is 12.4 Å². The topological polar surface area (TPSA) is 40.5 Å². The van der Waals surface area contributed by atoms with E-state index in [1.54, 1.807) is 20.8 Å². The maximum Gasteiger partial charge on any atom is 0.349 e. The monoisotopic (exact) mass is 379 g/mol. The maximum atomic E-state index is 12.4. The minimum atomic E-state index is -1.07. The van der Waals surface area contributed by atoms with Gasteiger partial charge in [-0.3, -0.25) is 0 Å². The summed E-state index contributed by atoms with van der Waals surface area (Å²) < 4.78 is 13.8. The number of fused-ring (bicyclic) bond motifs is 1. The van der Waals surface area contributed by atoms with Gasteiger partial charge in [0.05, 0.1) is 12.1 Å². The molecule has 0 radical (unpaired) electrons. The first-order valence-corrected chi connectivity index (χ1v) is 9.94. The minimum Gasteiger partial charge on any atom is -0.475 e. The molecule has 28 heavy (non-hydrogen) atoms. The van der Waals surface area contributed by atoms with Crippen molar-refractivity contribution in [1.29, 1.82) is 0 Å². The largest absolute Gasteiger partial charge is 0.475 e. The molecule has 1 aromatic heterocycles. The van der Waals surface area contributed by atoms with Crippen molar-refractivity contribution in [2.75, 3.05) is 6.61 Å². The fourth-order valence-corrected chi connectivity index (χ4v) is 3.67. The zero-order valence-corrected chi connectivity index (χ0v) is 17.4. The van der Waals surface area contributed by atoms with Gasteiger partial charge in [-0.05, 0) is 51.8 Å². The van der Waals surface area contributed by atoms with Crippen LogP contribution in [0.5, 0.6) is 5.75 Å². The van der Waals surface area contributed by atoms with Crippen molar-refractivity contribution in [3.8, 4) is 16.9 Å². The lowest BCUT2D eigenvalue weighted by Crippen LogP contribution is -2.39. The molecule has 148 valence electrons. The van der Waals surface area contributed by atoms with Crippen LogP contribution in [0.2, 0.25) is 0 Å². The number of esters is 1. The van der Waals surface area contributed by atoms with Crippen molar-refractivity contribution in [1.82, 2.24) is 4.57 Å². The molecule has 0 saturated heterocycles. The number of aromatic nitrogens is 1. The van der Waals surface area contributed by atoms with Gasteiger partial charge in [0.25, 0.3) is 0 Å². The molecule has 4 nitrogen and oxygen atoms in total. The van der Waals surface area contributed by atoms with Crippen LogP contribution in [-0.4, -0.2) is 22.7 Å². The lowest BCUT2D eigenvalue weighted by Gasteiger charge is -2.25. The molecule has 0 unspecified atom stereocenters. The van der Waals surface area contributed by atoms with E-state index in [2.05, 4.69) is 36.6 Å². The standard InChI is InChI=1S/C24H29NO3/c1-6-16-25-17(3)21(18-12-9-8-10-13-18)22-19(25)14-11-15-20(22)28-24(4,5)23(26)27-7-2/h8-15H,6-7,16H2,1-5H3. The van der Waals surface area contributed by atoms with Crippen molar-refractivity contribution >= 4 is 16.9 Å². The van der Waals surface area contributed by atoms with Crippen molar-refractivity contribution in [3.05, 3.63) is 54.2 Å². The molecule has 3 rings (SSSR count). The molecule has 0 spiro atoms. The molecule has 3 aromatic rings. The van der Waals surface area contributed by atoms with Crippen LogP contribution in [0.4, 0.5) is 0 Å². The zero-order chi connectivity index (χ0) is 20.3. The predicted molar refractivity (Wildman–Crippen MR) is 114 cm³/mol. The molecule has 0 aliphatic rings. The van der Waals surface area contributed by atoms with E-state index in [-0.39, 0.29) is 5.97 Å². The van der Waals surface area contributed by atoms with Gasteiger partial charge in [-0.25, -0.2) is 4.79 Å². The number of benzene rings is 2. The summed E-state index contributed by atoms with van der Waals surface area (Å²) in [5, 5.41) is 1.04. The van der Waals surface area contributed by atoms with E-state index in [9.17, 15) is 4.79 Å². The molecular formula is C24H29NO3. The van der Waals surface area contributed by atoms with E-state index < -0.39 is 5.60 Å². The summed E-state index contributed by atoms with van der Waals surface area (Å²) >= 11 is 0. The Morgan fingerprint density at radius 2 is 1.75 bits per heavy atom. The Bertz CT molecular complexity index is 970. The number of aryl methyl sites for hydroxylation is 1. The summed E-state index contributed by atoms with van der Waals surface area (Å²) in [5.74, 6) is 0.338. The van der Waals surface area contributed by atoms with Gasteiger partial charge in [0, 0.05) is 23.2 Å². The van der Waals surface area contributed by atoms with Crippen LogP contribution < -0.4 is 4.74 Å². The van der Waals surface area contributed by atoms with Crippen LogP contribution in [0.1, 0.15) is 39.8 Å². The van der Waals surface area contributed by atoms with E-state index in [4.69, 9.17) is 9.47 Å². The Morgan fingerprint density at radius 1 is 1.04 bits per heavy atom. The van der Waals surface area contributed by atoms with E-state index in [1.165, 1.54) is 5.69 Å². The number of carbonyl (C=O) groups excluding carboxylic acids is 1. The Labute approximate surface area is 167 Å². The Balaban J connectivity index is 2.22. The average molecular weight is 380 g/mol. The number of carbonyl (C=O) groups is 1. The summed E-state index contributed by atoms with van der Waals surface area (Å²) in [6.45, 7) is 10.9. The van der Waals surface area contributed by atoms with Gasteiger partial charge in [0.15, 0.2) is 5.60 Å². The smallest absolute Gasteiger partial charge is 0.349 e. The lowest BCUT2D eigenvalue weighted by atomic mass is 10.0. The quantitative estimate of drug-likeness (QED) is 0.491. The van der Waals surface area contributed by atoms with Crippen LogP contribution in [-0.2, 0) is 16.1 Å². The molecule has 0 amide bonds. The first kappa shape index (κ1) is 20.0. The molecule has 0 aliphatic carbocycles. The number of rotatable bonds is 7. The third-order valence-corrected chi connectivity index (χ3v) is 4.95. The fraction of sp³-hybridized carbons (Fsp3) is 0.375. The lowest BCUT2D eigenvalue weighted by molar-refractivity contribution is -0.158. The van der Waals surface area contributed by atoms with Gasteiger partial charge in [-0.1, -0.05) is 43.3 Å². The van der Waals surface area contributed by atoms with Crippen LogP contribution in [0.25, 0.3) is 22.0 Å². The van der Waals surface area contributed by atoms with Gasteiger partial charge in [0.1, 0.15) is 5.75 Å². The average Bonchev–Trinajstić information content (AvgIpc) is 2.96. The summed E-state index contributed by atoms with van der Waals surface area (Å²) in [5.41, 5.74) is 3.55. The van der Waals surface area contributed by atoms with Crippen LogP contribution in [0.15, 0.2) is 48.5 Å². The van der Waals surface area contributed by atoms with Gasteiger partial charge < -0.3 is 14.0 Å². The highest BCUT2D eigenvalue weighted by molar-refractivity contribution is 6.02. The molecule has 2 aromatic carbocycles. The second kappa shape index (κ2) is 8.09. The van der Waals surface area contributed by atoms with Crippen molar-refractivity contribution < 1.29 is 14.3 Å². The number of nitrogens with zero attached hydrogens (tertiary/aromatic N) is 1. The molecule has 0 saturated carbocycles. The molecule has 0 fully saturated rings. The zero-order valence-electron chi connectivity index (χ0n) is 17.4. The molecule has 4 heteroatoms. The number of hydrogen-bond acceptors (Lipinski definition) is 3. The second-order valence-electron chi connectivity index (χ2n) is 7.46. The fourth-order valence-electron chi connectivity index (χ4n) is 3.67. The molecule has 1 heterocycles. The summed E-state index contributed by atoms with van der Waals surface area (Å²) in [4.78, 5) is 12.4. The highest BCUT2D eigenvalue weighted by Gasteiger charge is 2.33. The van der Waals surface area contributed by atoms with Crippen LogP contribution in [0, 0.1) is 6.92 Å². The van der Waals surface area contributed by atoms with Gasteiger partial charge >= 0.3 is 5.97 Å². The summed E-state index contributed by atoms with van der Waals surface area (Å²) in [7, 11) is 0. The first-order valence-electron chi connectivity index (χ1n) is 9.94. The summed E-state index contributed by atoms with van der Waals surface area (Å²) in [6, 6.07) is 16.4. The van der Waals surface area contributed by atoms with Crippen molar-refractivity contribution in [3.63, 3.8) is 0 Å². The Hall–Kier alpha value is -2.75. The number of hydrogen-bond donors (Lipinski definition) is 0. The summed E-state index contributed by atoms with van der Waals surface area (Å²) in [6.07, 6.45) is 1.04. The molecule has 0 atom stereocenters. The highest BCUT2D eigenvalue weighted by atomic mass is 16.6. The molecule has 0 aliphatic heterocycles. The van der Waals surface area contributed by atoms with Gasteiger partial charge in [0.2, 0.25) is 0 Å². The van der Waals surface area contributed by atoms with Crippen molar-refractivity contribution in [2.45, 2.75) is 53.2 Å². The third kappa shape index (κ3) is 3.64. The second-order valence-corrected chi connectivity index (χ2v) is 7.46. The molecule has 0 N–H and O–H groups in total. The third-order valence-electron chi connectivity index (χ3n) is 4.95. The van der Waals surface area contributed by atoms with E-state index in [0.717, 1.165) is 35.0 Å². The van der Waals surface area contributed by atoms with E-state index in [1.807, 2.05) is 30.3 Å². The SMILES string of the molecule is CCCn1c(C)c(-c2ccccc2)c2c(OC(C)(C)C(=O)OCC)cccc21. The van der Waals surface area contributed by atoms with Crippen molar-refractivity contribution in [2.24, 2.45) is 0 Å². The Morgan fingerprint density at radius 3 is 2.39 bits per heavy atom. The first-order chi connectivity index (χ1) is 13.4. The molecular weight excluding hydrogens is 350 g/mol. The highest BCUT2D eigenvalue weighted by Crippen LogP contribution is 2.41. The normalized spacial score (nSPS) is 11.6. The van der Waals surface area contributed by atoms with Gasteiger partial charge in [-0.15, -0.1) is 0 Å². The van der Waals surface area contributed by atoms with E-state index >= 15 is 0 Å². The Kier molecular flexibility index (Phi) is 5.78. The van der Waals surface area contributed by atoms with Crippen LogP contribution >= 0.6 is 0 Å².